The first-order valence-corrected chi connectivity index (χ1v) is 7.08. The molecule has 2 atom stereocenters. The molecule has 4 heteroatoms. The van der Waals surface area contributed by atoms with E-state index in [1.54, 1.807) is 6.20 Å². The molecule has 1 heterocycles. The van der Waals surface area contributed by atoms with Gasteiger partial charge in [-0.25, -0.2) is 0 Å². The quantitative estimate of drug-likeness (QED) is 0.827. The fraction of sp³-hybridized carbons (Fsp3) is 0.600. The van der Waals surface area contributed by atoms with Crippen LogP contribution in [0.2, 0.25) is 0 Å². The lowest BCUT2D eigenvalue weighted by Gasteiger charge is -2.28. The second-order valence-electron chi connectivity index (χ2n) is 5.05. The summed E-state index contributed by atoms with van der Waals surface area (Å²) in [4.78, 5) is 15.9. The number of carbonyl (C=O) groups excluding carboxylic acids is 1. The molecule has 2 rings (SSSR count). The average molecular weight is 262 g/mol. The van der Waals surface area contributed by atoms with E-state index >= 15 is 0 Å². The van der Waals surface area contributed by atoms with Crippen LogP contribution in [0.1, 0.15) is 38.2 Å². The van der Waals surface area contributed by atoms with Gasteiger partial charge in [0.15, 0.2) is 0 Å². The monoisotopic (exact) mass is 262 g/mol. The Morgan fingerprint density at radius 2 is 2.42 bits per heavy atom. The lowest BCUT2D eigenvalue weighted by atomic mass is 9.85. The maximum absolute atomic E-state index is 11.8. The van der Waals surface area contributed by atoms with Crippen molar-refractivity contribution in [3.05, 3.63) is 30.1 Å². The summed E-state index contributed by atoms with van der Waals surface area (Å²) in [6.45, 7) is 3.15. The summed E-state index contributed by atoms with van der Waals surface area (Å²) >= 11 is 0. The molecule has 0 saturated heterocycles. The second-order valence-corrected chi connectivity index (χ2v) is 5.05. The topological polar surface area (TPSA) is 51.2 Å². The van der Waals surface area contributed by atoms with Gasteiger partial charge in [-0.1, -0.05) is 12.5 Å². The van der Waals surface area contributed by atoms with Crippen molar-refractivity contribution in [3.8, 4) is 0 Å². The molecule has 19 heavy (non-hydrogen) atoms. The molecule has 2 unspecified atom stereocenters. The number of pyridine rings is 1. The van der Waals surface area contributed by atoms with E-state index in [-0.39, 0.29) is 11.9 Å². The van der Waals surface area contributed by atoms with Crippen molar-refractivity contribution < 1.29 is 9.53 Å². The van der Waals surface area contributed by atoms with Crippen LogP contribution >= 0.6 is 0 Å². The van der Waals surface area contributed by atoms with E-state index in [4.69, 9.17) is 4.74 Å². The van der Waals surface area contributed by atoms with Gasteiger partial charge < -0.3 is 10.1 Å². The Morgan fingerprint density at radius 1 is 1.53 bits per heavy atom. The normalized spacial score (nSPS) is 23.0. The number of nitrogens with one attached hydrogen (secondary N) is 1. The summed E-state index contributed by atoms with van der Waals surface area (Å²) in [6, 6.07) is 4.41. The van der Waals surface area contributed by atoms with E-state index in [0.29, 0.717) is 12.6 Å². The molecule has 0 amide bonds. The highest BCUT2D eigenvalue weighted by Gasteiger charge is 2.27. The third kappa shape index (κ3) is 4.31. The SMILES string of the molecule is CCOC(=O)C1CCCC(NCc2cccnc2)C1. The Morgan fingerprint density at radius 3 is 3.16 bits per heavy atom. The first kappa shape index (κ1) is 14.0. The van der Waals surface area contributed by atoms with Gasteiger partial charge in [0.1, 0.15) is 0 Å². The Balaban J connectivity index is 1.79. The van der Waals surface area contributed by atoms with Crippen LogP contribution in [0.5, 0.6) is 0 Å². The van der Waals surface area contributed by atoms with Crippen molar-refractivity contribution in [2.24, 2.45) is 5.92 Å². The maximum Gasteiger partial charge on any atom is 0.308 e. The number of nitrogens with zero attached hydrogens (tertiary/aromatic N) is 1. The molecule has 4 nitrogen and oxygen atoms in total. The number of rotatable bonds is 5. The molecule has 0 bridgehead atoms. The molecule has 0 radical (unpaired) electrons. The maximum atomic E-state index is 11.8. The molecule has 1 N–H and O–H groups in total. The van der Waals surface area contributed by atoms with Gasteiger partial charge in [0.05, 0.1) is 12.5 Å². The highest BCUT2D eigenvalue weighted by molar-refractivity contribution is 5.72. The number of hydrogen-bond donors (Lipinski definition) is 1. The Hall–Kier alpha value is -1.42. The number of hydrogen-bond acceptors (Lipinski definition) is 4. The van der Waals surface area contributed by atoms with Crippen molar-refractivity contribution in [3.63, 3.8) is 0 Å². The minimum atomic E-state index is -0.0321. The molecule has 0 spiro atoms. The van der Waals surface area contributed by atoms with Crippen LogP contribution in [0.4, 0.5) is 0 Å². The molecule has 1 aromatic heterocycles. The van der Waals surface area contributed by atoms with Crippen molar-refractivity contribution in [1.82, 2.24) is 10.3 Å². The van der Waals surface area contributed by atoms with Gasteiger partial charge >= 0.3 is 5.97 Å². The van der Waals surface area contributed by atoms with Crippen LogP contribution in [-0.2, 0) is 16.1 Å². The number of carbonyl (C=O) groups is 1. The Bertz CT molecular complexity index is 394. The van der Waals surface area contributed by atoms with Gasteiger partial charge in [-0.15, -0.1) is 0 Å². The largest absolute Gasteiger partial charge is 0.466 e. The van der Waals surface area contributed by atoms with Gasteiger partial charge in [-0.2, -0.15) is 0 Å². The van der Waals surface area contributed by atoms with Crippen molar-refractivity contribution in [2.45, 2.75) is 45.2 Å². The molecule has 1 fully saturated rings. The van der Waals surface area contributed by atoms with Crippen molar-refractivity contribution >= 4 is 5.97 Å². The molecule has 1 aromatic rings. The van der Waals surface area contributed by atoms with Gasteiger partial charge in [0.2, 0.25) is 0 Å². The summed E-state index contributed by atoms with van der Waals surface area (Å²) < 4.78 is 5.12. The van der Waals surface area contributed by atoms with Crippen LogP contribution in [0.3, 0.4) is 0 Å². The van der Waals surface area contributed by atoms with Crippen LogP contribution < -0.4 is 5.32 Å². The first-order valence-electron chi connectivity index (χ1n) is 7.08. The van der Waals surface area contributed by atoms with E-state index in [2.05, 4.69) is 16.4 Å². The minimum absolute atomic E-state index is 0.0321. The summed E-state index contributed by atoms with van der Waals surface area (Å²) in [5.41, 5.74) is 1.18. The first-order chi connectivity index (χ1) is 9.29. The van der Waals surface area contributed by atoms with Crippen LogP contribution in [0.25, 0.3) is 0 Å². The number of esters is 1. The van der Waals surface area contributed by atoms with Crippen molar-refractivity contribution in [1.29, 1.82) is 0 Å². The van der Waals surface area contributed by atoms with E-state index in [1.165, 1.54) is 5.56 Å². The average Bonchev–Trinajstić information content (AvgIpc) is 2.47. The molecule has 1 saturated carbocycles. The molecular formula is C15H22N2O2. The highest BCUT2D eigenvalue weighted by Crippen LogP contribution is 2.25. The van der Waals surface area contributed by atoms with E-state index < -0.39 is 0 Å². The summed E-state index contributed by atoms with van der Waals surface area (Å²) in [5.74, 6) is 0.0375. The van der Waals surface area contributed by atoms with E-state index in [0.717, 1.165) is 32.2 Å². The Labute approximate surface area is 114 Å². The molecule has 1 aliphatic carbocycles. The fourth-order valence-corrected chi connectivity index (χ4v) is 2.61. The summed E-state index contributed by atoms with van der Waals surface area (Å²) in [7, 11) is 0. The van der Waals surface area contributed by atoms with E-state index in [9.17, 15) is 4.79 Å². The van der Waals surface area contributed by atoms with Gasteiger partial charge in [-0.3, -0.25) is 9.78 Å². The third-order valence-electron chi connectivity index (χ3n) is 3.61. The molecular weight excluding hydrogens is 240 g/mol. The number of aromatic nitrogens is 1. The zero-order chi connectivity index (χ0) is 13.5. The third-order valence-corrected chi connectivity index (χ3v) is 3.61. The summed E-state index contributed by atoms with van der Waals surface area (Å²) in [6.07, 6.45) is 7.73. The zero-order valence-electron chi connectivity index (χ0n) is 11.5. The lowest BCUT2D eigenvalue weighted by molar-refractivity contribution is -0.149. The molecule has 1 aliphatic rings. The Kier molecular flexibility index (Phi) is 5.33. The van der Waals surface area contributed by atoms with E-state index in [1.807, 2.05) is 19.2 Å². The molecule has 104 valence electrons. The zero-order valence-corrected chi connectivity index (χ0v) is 11.5. The van der Waals surface area contributed by atoms with Crippen molar-refractivity contribution in [2.75, 3.05) is 6.61 Å². The highest BCUT2D eigenvalue weighted by atomic mass is 16.5. The summed E-state index contributed by atoms with van der Waals surface area (Å²) in [5, 5.41) is 3.52. The predicted octanol–water partition coefficient (Wildman–Crippen LogP) is 2.29. The van der Waals surface area contributed by atoms with Crippen LogP contribution in [0.15, 0.2) is 24.5 Å². The van der Waals surface area contributed by atoms with Gasteiger partial charge in [0, 0.05) is 25.0 Å². The fourth-order valence-electron chi connectivity index (χ4n) is 2.61. The second kappa shape index (κ2) is 7.24. The smallest absolute Gasteiger partial charge is 0.308 e. The minimum Gasteiger partial charge on any atom is -0.466 e. The van der Waals surface area contributed by atoms with Crippen LogP contribution in [-0.4, -0.2) is 23.6 Å². The van der Waals surface area contributed by atoms with Crippen LogP contribution in [0, 0.1) is 5.92 Å². The molecule has 0 aromatic carbocycles. The van der Waals surface area contributed by atoms with Gasteiger partial charge in [0.25, 0.3) is 0 Å². The predicted molar refractivity (Wildman–Crippen MR) is 73.5 cm³/mol. The standard InChI is InChI=1S/C15H22N2O2/c1-2-19-15(18)13-6-3-7-14(9-13)17-11-12-5-4-8-16-10-12/h4-5,8,10,13-14,17H,2-3,6-7,9,11H2,1H3. The number of ether oxygens (including phenoxy) is 1. The molecule has 0 aliphatic heterocycles. The van der Waals surface area contributed by atoms with Gasteiger partial charge in [-0.05, 0) is 37.8 Å². The lowest BCUT2D eigenvalue weighted by Crippen LogP contribution is -2.36.